The summed E-state index contributed by atoms with van der Waals surface area (Å²) in [7, 11) is -4.47. The zero-order valence-electron chi connectivity index (χ0n) is 31.4. The van der Waals surface area contributed by atoms with Crippen LogP contribution in [0.2, 0.25) is 0 Å². The molecule has 5 rings (SSSR count). The summed E-state index contributed by atoms with van der Waals surface area (Å²) < 4.78 is 53.9. The maximum atomic E-state index is 14.7. The second kappa shape index (κ2) is 20.5. The van der Waals surface area contributed by atoms with Crippen molar-refractivity contribution in [2.45, 2.75) is 114 Å². The number of para-hydroxylation sites is 1. The Kier molecular flexibility index (Phi) is 15.6. The first-order valence-corrected chi connectivity index (χ1v) is 20.7. The third kappa shape index (κ3) is 11.8. The largest absolute Gasteiger partial charge is 0.465 e. The molecule has 2 aromatic carbocycles. The van der Waals surface area contributed by atoms with Crippen LogP contribution in [0.1, 0.15) is 95.8 Å². The van der Waals surface area contributed by atoms with E-state index in [0.717, 1.165) is 24.8 Å². The van der Waals surface area contributed by atoms with Crippen LogP contribution in [-0.2, 0) is 29.8 Å². The summed E-state index contributed by atoms with van der Waals surface area (Å²) in [6.07, 6.45) is 16.7. The fourth-order valence-corrected chi connectivity index (χ4v) is 8.02. The van der Waals surface area contributed by atoms with E-state index in [1.807, 2.05) is 30.3 Å². The third-order valence-corrected chi connectivity index (χ3v) is 11.1. The minimum absolute atomic E-state index is 0.0334. The minimum atomic E-state index is -4.47. The summed E-state index contributed by atoms with van der Waals surface area (Å²) in [4.78, 5) is 25.1. The fourth-order valence-electron chi connectivity index (χ4n) is 6.50. The highest BCUT2D eigenvalue weighted by molar-refractivity contribution is 7.52. The summed E-state index contributed by atoms with van der Waals surface area (Å²) in [6, 6.07) is 16.4. The molecule has 15 heteroatoms. The number of halogens is 1. The summed E-state index contributed by atoms with van der Waals surface area (Å²) >= 11 is 0. The van der Waals surface area contributed by atoms with Crippen LogP contribution in [0.15, 0.2) is 67.0 Å². The summed E-state index contributed by atoms with van der Waals surface area (Å²) in [5, 5.41) is 14.1. The molecule has 0 bridgehead atoms. The van der Waals surface area contributed by atoms with Gasteiger partial charge in [0, 0.05) is 6.42 Å². The zero-order valence-corrected chi connectivity index (χ0v) is 32.2. The van der Waals surface area contributed by atoms with E-state index in [9.17, 15) is 18.9 Å². The van der Waals surface area contributed by atoms with Gasteiger partial charge in [0.15, 0.2) is 22.6 Å². The van der Waals surface area contributed by atoms with Crippen LogP contribution in [0, 0.1) is 18.4 Å². The third-order valence-electron chi connectivity index (χ3n) is 9.58. The van der Waals surface area contributed by atoms with E-state index in [1.165, 1.54) is 55.8 Å². The number of hydrogen-bond acceptors (Lipinski definition) is 11. The lowest BCUT2D eigenvalue weighted by Crippen LogP contribution is -2.44. The molecule has 1 aliphatic rings. The van der Waals surface area contributed by atoms with Crippen LogP contribution < -0.4 is 15.3 Å². The van der Waals surface area contributed by atoms with Crippen LogP contribution in [0.4, 0.5) is 10.2 Å². The highest BCUT2D eigenvalue weighted by Crippen LogP contribution is 2.48. The molecule has 0 saturated carbocycles. The number of ether oxygens (including phenoxy) is 2. The molecule has 0 aliphatic carbocycles. The molecule has 4 aromatic rings. The summed E-state index contributed by atoms with van der Waals surface area (Å²) in [5.41, 5.74) is 4.93. The molecule has 3 heterocycles. The number of rotatable bonds is 23. The van der Waals surface area contributed by atoms with Gasteiger partial charge in [-0.25, -0.2) is 9.55 Å². The minimum Gasteiger partial charge on any atom is -0.465 e. The molecular weight excluding hydrogens is 726 g/mol. The number of unbranched alkanes of at least 4 members (excludes halogenated alkanes) is 10. The molecule has 0 radical (unpaired) electrons. The Morgan fingerprint density at radius 2 is 1.69 bits per heavy atom. The molecule has 2 aromatic heterocycles. The van der Waals surface area contributed by atoms with Crippen LogP contribution in [0.5, 0.6) is 5.75 Å². The van der Waals surface area contributed by atoms with Crippen molar-refractivity contribution in [3.8, 4) is 18.1 Å². The van der Waals surface area contributed by atoms with Gasteiger partial charge >= 0.3 is 19.8 Å². The van der Waals surface area contributed by atoms with Crippen molar-refractivity contribution in [1.82, 2.24) is 24.6 Å². The van der Waals surface area contributed by atoms with E-state index in [1.54, 1.807) is 30.3 Å². The number of carbonyl (C=O) groups excluding carboxylic acids is 1. The number of fused-ring (bicyclic) bond motifs is 1. The SMILES string of the molecule is C#C[C@]1(CO[P@@](=O)(N[C@@H](Cc2ccccc2)C(=O)OCCCCCCCCCCCCC)Oc2ccccc2)O[C@@H](n2cnc3c(N)nc(F)nc32)C[C@@H]1O. The van der Waals surface area contributed by atoms with Crippen molar-refractivity contribution in [2.24, 2.45) is 0 Å². The lowest BCUT2D eigenvalue weighted by molar-refractivity contribution is -0.146. The number of carbonyl (C=O) groups is 1. The van der Waals surface area contributed by atoms with Crippen molar-refractivity contribution in [2.75, 3.05) is 18.9 Å². The van der Waals surface area contributed by atoms with Crippen LogP contribution in [0.3, 0.4) is 0 Å². The van der Waals surface area contributed by atoms with Gasteiger partial charge in [-0.3, -0.25) is 13.9 Å². The molecule has 0 unspecified atom stereocenters. The van der Waals surface area contributed by atoms with Gasteiger partial charge in [-0.1, -0.05) is 126 Å². The first kappa shape index (κ1) is 41.8. The average molecular weight is 779 g/mol. The molecule has 0 amide bonds. The molecule has 1 saturated heterocycles. The molecular formula is C40H52FN6O7P. The average Bonchev–Trinajstić information content (AvgIpc) is 3.75. The maximum Gasteiger partial charge on any atom is 0.459 e. The normalized spacial score (nSPS) is 19.8. The number of nitrogens with one attached hydrogen (secondary N) is 1. The predicted molar refractivity (Wildman–Crippen MR) is 207 cm³/mol. The summed E-state index contributed by atoms with van der Waals surface area (Å²) in [6.45, 7) is 1.81. The second-order valence-corrected chi connectivity index (χ2v) is 15.5. The smallest absolute Gasteiger partial charge is 0.459 e. The number of benzene rings is 2. The van der Waals surface area contributed by atoms with Gasteiger partial charge in [-0.05, 0) is 30.5 Å². The van der Waals surface area contributed by atoms with Crippen molar-refractivity contribution in [3.05, 3.63) is 78.6 Å². The van der Waals surface area contributed by atoms with Crippen LogP contribution >= 0.6 is 7.75 Å². The number of aromatic nitrogens is 4. The number of terminal acetylenes is 1. The molecule has 1 aliphatic heterocycles. The zero-order chi connectivity index (χ0) is 39.1. The van der Waals surface area contributed by atoms with Crippen LogP contribution in [-0.4, -0.2) is 61.6 Å². The van der Waals surface area contributed by atoms with Gasteiger partial charge in [0.25, 0.3) is 0 Å². The number of anilines is 1. The van der Waals surface area contributed by atoms with E-state index in [4.69, 9.17) is 30.7 Å². The Balaban J connectivity index is 1.26. The number of aliphatic hydroxyl groups is 1. The lowest BCUT2D eigenvalue weighted by atomic mass is 9.99. The number of nitrogen functional groups attached to an aromatic ring is 1. The van der Waals surface area contributed by atoms with Gasteiger partial charge in [-0.2, -0.15) is 19.4 Å². The van der Waals surface area contributed by atoms with E-state index in [0.29, 0.717) is 6.42 Å². The van der Waals surface area contributed by atoms with E-state index >= 15 is 0 Å². The van der Waals surface area contributed by atoms with E-state index in [2.05, 4.69) is 32.9 Å². The molecule has 0 spiro atoms. The first-order chi connectivity index (χ1) is 26.6. The predicted octanol–water partition coefficient (Wildman–Crippen LogP) is 7.46. The quantitative estimate of drug-likeness (QED) is 0.0223. The second-order valence-electron chi connectivity index (χ2n) is 13.8. The first-order valence-electron chi connectivity index (χ1n) is 19.1. The van der Waals surface area contributed by atoms with Gasteiger partial charge in [-0.15, -0.1) is 6.42 Å². The van der Waals surface area contributed by atoms with Gasteiger partial charge < -0.3 is 24.8 Å². The van der Waals surface area contributed by atoms with Gasteiger partial charge in [0.2, 0.25) is 0 Å². The highest BCUT2D eigenvalue weighted by atomic mass is 31.2. The number of nitrogens with two attached hydrogens (primary N) is 1. The number of esters is 1. The molecule has 13 nitrogen and oxygen atoms in total. The topological polar surface area (TPSA) is 173 Å². The number of hydrogen-bond donors (Lipinski definition) is 3. The van der Waals surface area contributed by atoms with Gasteiger partial charge in [0.1, 0.15) is 30.7 Å². The van der Waals surface area contributed by atoms with Crippen molar-refractivity contribution >= 4 is 30.7 Å². The van der Waals surface area contributed by atoms with E-state index in [-0.39, 0.29) is 42.2 Å². The van der Waals surface area contributed by atoms with Gasteiger partial charge in [0.05, 0.1) is 12.9 Å². The lowest BCUT2D eigenvalue weighted by Gasteiger charge is -2.30. The molecule has 5 atom stereocenters. The number of imidazole rings is 1. The molecule has 4 N–H and O–H groups in total. The van der Waals surface area contributed by atoms with Crippen molar-refractivity contribution in [3.63, 3.8) is 0 Å². The standard InChI is InChI=1S/C40H52FN6O7P/c1-3-5-6-7-8-9-10-11-12-13-20-25-51-38(49)32(26-30-21-16-14-17-22-30)46-55(50,54-31-23-18-15-19-24-31)52-28-40(4-2)33(48)27-34(53-40)47-29-43-35-36(42)44-39(41)45-37(35)47/h2,14-19,21-24,29,32-34,48H,3,5-13,20,25-28H2,1H3,(H,46,50)(H2,42,44,45)/t32-,33-,34+,40+,55-/m0/s1. The molecule has 296 valence electrons. The van der Waals surface area contributed by atoms with Crippen LogP contribution in [0.25, 0.3) is 11.2 Å². The summed E-state index contributed by atoms with van der Waals surface area (Å²) in [5.74, 6) is 1.85. The monoisotopic (exact) mass is 778 g/mol. The number of aliphatic hydroxyl groups excluding tert-OH is 1. The Morgan fingerprint density at radius 3 is 2.35 bits per heavy atom. The van der Waals surface area contributed by atoms with Crippen molar-refractivity contribution in [1.29, 1.82) is 0 Å². The number of nitrogens with zero attached hydrogens (tertiary/aromatic N) is 4. The highest BCUT2D eigenvalue weighted by Gasteiger charge is 2.50. The molecule has 1 fully saturated rings. The van der Waals surface area contributed by atoms with Crippen molar-refractivity contribution < 1.29 is 37.4 Å². The Bertz CT molecular complexity index is 1900. The maximum absolute atomic E-state index is 14.7. The van der Waals surface area contributed by atoms with E-state index < -0.39 is 50.4 Å². The Labute approximate surface area is 322 Å². The molecule has 55 heavy (non-hydrogen) atoms. The fraction of sp³-hybridized carbons (Fsp3) is 0.500. The Hall–Kier alpha value is -4.38. The Morgan fingerprint density at radius 1 is 1.05 bits per heavy atom.